The molecule has 17 heavy (non-hydrogen) atoms. The number of hydrogen-bond donors (Lipinski definition) is 3. The Morgan fingerprint density at radius 3 is 2.71 bits per heavy atom. The summed E-state index contributed by atoms with van der Waals surface area (Å²) >= 11 is 0. The predicted octanol–water partition coefficient (Wildman–Crippen LogP) is -0.121. The molecule has 0 aromatic heterocycles. The van der Waals surface area contributed by atoms with Crippen molar-refractivity contribution in [1.29, 1.82) is 0 Å². The third-order valence-corrected chi connectivity index (χ3v) is 1.97. The maximum Gasteiger partial charge on any atom is 0.248 e. The molecular formula is C11H15NO5. The van der Waals surface area contributed by atoms with E-state index >= 15 is 0 Å². The molecular weight excluding hydrogens is 226 g/mol. The number of benzene rings is 1. The average molecular weight is 241 g/mol. The van der Waals surface area contributed by atoms with Gasteiger partial charge < -0.3 is 25.4 Å². The smallest absolute Gasteiger partial charge is 0.248 e. The molecule has 6 heteroatoms. The molecule has 0 aliphatic heterocycles. The van der Waals surface area contributed by atoms with Crippen LogP contribution in [0.3, 0.4) is 0 Å². The molecule has 1 rings (SSSR count). The Bertz CT molecular complexity index is 380. The van der Waals surface area contributed by atoms with Crippen LogP contribution in [0.1, 0.15) is 10.4 Å². The van der Waals surface area contributed by atoms with Gasteiger partial charge in [-0.3, -0.25) is 4.79 Å². The van der Waals surface area contributed by atoms with Gasteiger partial charge in [0.15, 0.2) is 11.5 Å². The van der Waals surface area contributed by atoms with Crippen LogP contribution in [0.25, 0.3) is 0 Å². The molecule has 94 valence electrons. The van der Waals surface area contributed by atoms with Gasteiger partial charge in [0.25, 0.3) is 0 Å². The number of phenols is 1. The molecule has 1 aromatic carbocycles. The number of carbonyl (C=O) groups is 1. The van der Waals surface area contributed by atoms with Gasteiger partial charge in [0.2, 0.25) is 5.91 Å². The summed E-state index contributed by atoms with van der Waals surface area (Å²) < 4.78 is 10.2. The zero-order valence-electron chi connectivity index (χ0n) is 9.26. The van der Waals surface area contributed by atoms with E-state index in [1.54, 1.807) is 0 Å². The topological polar surface area (TPSA) is 102 Å². The number of hydrogen-bond acceptors (Lipinski definition) is 5. The molecule has 4 N–H and O–H groups in total. The zero-order chi connectivity index (χ0) is 12.7. The summed E-state index contributed by atoms with van der Waals surface area (Å²) in [6, 6.07) is 4.11. The Kier molecular flexibility index (Phi) is 5.25. The van der Waals surface area contributed by atoms with Gasteiger partial charge in [-0.05, 0) is 18.2 Å². The number of rotatable bonds is 7. The molecule has 6 nitrogen and oxygen atoms in total. The summed E-state index contributed by atoms with van der Waals surface area (Å²) in [6.45, 7) is 0.662. The first-order valence-corrected chi connectivity index (χ1v) is 5.09. The van der Waals surface area contributed by atoms with Gasteiger partial charge in [-0.2, -0.15) is 0 Å². The standard InChI is InChI=1S/C11H15NO5/c12-11(15)8-1-2-9(14)10(7-8)17-6-5-16-4-3-13/h1-2,7,13-14H,3-6H2,(H2,12,15). The Morgan fingerprint density at radius 1 is 1.29 bits per heavy atom. The molecule has 0 aliphatic rings. The van der Waals surface area contributed by atoms with E-state index < -0.39 is 5.91 Å². The lowest BCUT2D eigenvalue weighted by Crippen LogP contribution is -2.12. The highest BCUT2D eigenvalue weighted by molar-refractivity contribution is 5.93. The van der Waals surface area contributed by atoms with Crippen LogP contribution in [0.4, 0.5) is 0 Å². The second-order valence-corrected chi connectivity index (χ2v) is 3.23. The minimum Gasteiger partial charge on any atom is -0.504 e. The molecule has 0 fully saturated rings. The number of phenolic OH excluding ortho intramolecular Hbond substituents is 1. The number of ether oxygens (including phenoxy) is 2. The normalized spacial score (nSPS) is 10.2. The van der Waals surface area contributed by atoms with E-state index in [9.17, 15) is 9.90 Å². The van der Waals surface area contributed by atoms with Gasteiger partial charge in [0.05, 0.1) is 19.8 Å². The second kappa shape index (κ2) is 6.72. The third-order valence-electron chi connectivity index (χ3n) is 1.97. The molecule has 1 aromatic rings. The van der Waals surface area contributed by atoms with Crippen molar-refractivity contribution in [2.75, 3.05) is 26.4 Å². The molecule has 0 radical (unpaired) electrons. The largest absolute Gasteiger partial charge is 0.504 e. The Labute approximate surface area is 98.6 Å². The Hall–Kier alpha value is -1.79. The van der Waals surface area contributed by atoms with Crippen molar-refractivity contribution in [3.05, 3.63) is 23.8 Å². The average Bonchev–Trinajstić information content (AvgIpc) is 2.30. The van der Waals surface area contributed by atoms with Crippen LogP contribution in [0.2, 0.25) is 0 Å². The summed E-state index contributed by atoms with van der Waals surface area (Å²) in [5, 5.41) is 17.9. The highest BCUT2D eigenvalue weighted by Crippen LogP contribution is 2.26. The van der Waals surface area contributed by atoms with Crippen LogP contribution in [0, 0.1) is 0 Å². The maximum absolute atomic E-state index is 10.9. The molecule has 0 atom stereocenters. The lowest BCUT2D eigenvalue weighted by molar-refractivity contribution is 0.0698. The van der Waals surface area contributed by atoms with E-state index in [0.717, 1.165) is 0 Å². The first kappa shape index (κ1) is 13.3. The number of primary amides is 1. The van der Waals surface area contributed by atoms with Crippen molar-refractivity contribution in [3.63, 3.8) is 0 Å². The van der Waals surface area contributed by atoms with Crippen molar-refractivity contribution in [2.24, 2.45) is 5.73 Å². The quantitative estimate of drug-likeness (QED) is 0.577. The molecule has 0 spiro atoms. The summed E-state index contributed by atoms with van der Waals surface area (Å²) in [6.07, 6.45) is 0. The molecule has 0 heterocycles. The fraction of sp³-hybridized carbons (Fsp3) is 0.364. The van der Waals surface area contributed by atoms with Crippen LogP contribution in [-0.2, 0) is 4.74 Å². The number of amides is 1. The molecule has 0 unspecified atom stereocenters. The first-order chi connectivity index (χ1) is 8.15. The SMILES string of the molecule is NC(=O)c1ccc(O)c(OCCOCCO)c1. The molecule has 0 saturated carbocycles. The van der Waals surface area contributed by atoms with Crippen LogP contribution < -0.4 is 10.5 Å². The highest BCUT2D eigenvalue weighted by atomic mass is 16.5. The summed E-state index contributed by atoms with van der Waals surface area (Å²) in [5.74, 6) is -0.488. The fourth-order valence-corrected chi connectivity index (χ4v) is 1.16. The van der Waals surface area contributed by atoms with Gasteiger partial charge in [0.1, 0.15) is 6.61 Å². The molecule has 0 aliphatic carbocycles. The van der Waals surface area contributed by atoms with Crippen molar-refractivity contribution in [1.82, 2.24) is 0 Å². The van der Waals surface area contributed by atoms with Gasteiger partial charge in [0, 0.05) is 5.56 Å². The van der Waals surface area contributed by atoms with Gasteiger partial charge in [-0.15, -0.1) is 0 Å². The lowest BCUT2D eigenvalue weighted by Gasteiger charge is -2.09. The van der Waals surface area contributed by atoms with Crippen molar-refractivity contribution in [2.45, 2.75) is 0 Å². The summed E-state index contributed by atoms with van der Waals surface area (Å²) in [4.78, 5) is 10.9. The number of carbonyl (C=O) groups excluding carboxylic acids is 1. The first-order valence-electron chi connectivity index (χ1n) is 5.09. The van der Waals surface area contributed by atoms with E-state index in [4.69, 9.17) is 20.3 Å². The number of aliphatic hydroxyl groups excluding tert-OH is 1. The second-order valence-electron chi connectivity index (χ2n) is 3.23. The van der Waals surface area contributed by atoms with E-state index in [2.05, 4.69) is 0 Å². The lowest BCUT2D eigenvalue weighted by atomic mass is 10.2. The maximum atomic E-state index is 10.9. The molecule has 0 saturated heterocycles. The van der Waals surface area contributed by atoms with Crippen LogP contribution in [-0.4, -0.2) is 42.5 Å². The van der Waals surface area contributed by atoms with Crippen molar-refractivity contribution >= 4 is 5.91 Å². The van der Waals surface area contributed by atoms with Crippen LogP contribution >= 0.6 is 0 Å². The van der Waals surface area contributed by atoms with Crippen molar-refractivity contribution in [3.8, 4) is 11.5 Å². The van der Waals surface area contributed by atoms with Crippen molar-refractivity contribution < 1.29 is 24.5 Å². The van der Waals surface area contributed by atoms with E-state index in [-0.39, 0.29) is 43.5 Å². The zero-order valence-corrected chi connectivity index (χ0v) is 9.26. The van der Waals surface area contributed by atoms with Crippen LogP contribution in [0.15, 0.2) is 18.2 Å². The Morgan fingerprint density at radius 2 is 2.06 bits per heavy atom. The van der Waals surface area contributed by atoms with E-state index in [1.165, 1.54) is 18.2 Å². The monoisotopic (exact) mass is 241 g/mol. The third kappa shape index (κ3) is 4.29. The Balaban J connectivity index is 2.51. The summed E-state index contributed by atoms with van der Waals surface area (Å²) in [7, 11) is 0. The number of nitrogens with two attached hydrogens (primary N) is 1. The predicted molar refractivity (Wildman–Crippen MR) is 60.0 cm³/mol. The van der Waals surface area contributed by atoms with Gasteiger partial charge in [-0.25, -0.2) is 0 Å². The molecule has 0 bridgehead atoms. The summed E-state index contributed by atoms with van der Waals surface area (Å²) in [5.41, 5.74) is 5.36. The highest BCUT2D eigenvalue weighted by Gasteiger charge is 2.07. The minimum absolute atomic E-state index is 0.0532. The van der Waals surface area contributed by atoms with Gasteiger partial charge in [-0.1, -0.05) is 0 Å². The molecule has 1 amide bonds. The van der Waals surface area contributed by atoms with E-state index in [1.807, 2.05) is 0 Å². The minimum atomic E-state index is -0.591. The fourth-order valence-electron chi connectivity index (χ4n) is 1.16. The van der Waals surface area contributed by atoms with Gasteiger partial charge >= 0.3 is 0 Å². The number of aliphatic hydroxyl groups is 1. The number of aromatic hydroxyl groups is 1. The van der Waals surface area contributed by atoms with E-state index in [0.29, 0.717) is 0 Å². The van der Waals surface area contributed by atoms with Crippen LogP contribution in [0.5, 0.6) is 11.5 Å².